The molecule has 1 fully saturated rings. The van der Waals surface area contributed by atoms with Gasteiger partial charge >= 0.3 is 0 Å². The maximum atomic E-state index is 14.2. The molecule has 1 aliphatic rings. The van der Waals surface area contributed by atoms with Gasteiger partial charge in [-0.2, -0.15) is 0 Å². The lowest BCUT2D eigenvalue weighted by Gasteiger charge is -2.33. The summed E-state index contributed by atoms with van der Waals surface area (Å²) in [6, 6.07) is 7.39. The first-order valence-electron chi connectivity index (χ1n) is 11.0. The molecule has 3 heterocycles. The maximum absolute atomic E-state index is 14.2. The van der Waals surface area contributed by atoms with Crippen molar-refractivity contribution in [3.05, 3.63) is 59.8 Å². The SMILES string of the molecule is CC1CC(c2cn(-c3ccc(F)cc3C(=O)N(C)C(C)C)c3cnccc23)CC(C)N1. The third-order valence-electron chi connectivity index (χ3n) is 6.47. The molecule has 1 aromatic carbocycles. The highest BCUT2D eigenvalue weighted by Crippen LogP contribution is 2.37. The number of halogens is 1. The molecular formula is C25H31FN4O. The molecule has 2 aromatic heterocycles. The Bertz CT molecular complexity index is 1100. The lowest BCUT2D eigenvalue weighted by Crippen LogP contribution is -2.41. The van der Waals surface area contributed by atoms with Crippen LogP contribution in [0.4, 0.5) is 4.39 Å². The average Bonchev–Trinajstić information content (AvgIpc) is 3.11. The van der Waals surface area contributed by atoms with E-state index in [0.717, 1.165) is 23.7 Å². The highest BCUT2D eigenvalue weighted by Gasteiger charge is 2.28. The van der Waals surface area contributed by atoms with Gasteiger partial charge in [-0.1, -0.05) is 0 Å². The molecule has 2 unspecified atom stereocenters. The van der Waals surface area contributed by atoms with E-state index in [1.54, 1.807) is 18.0 Å². The van der Waals surface area contributed by atoms with Crippen LogP contribution in [0.5, 0.6) is 0 Å². The number of amides is 1. The smallest absolute Gasteiger partial charge is 0.256 e. The molecule has 0 saturated carbocycles. The molecule has 2 atom stereocenters. The number of piperidine rings is 1. The van der Waals surface area contributed by atoms with Gasteiger partial charge in [-0.3, -0.25) is 9.78 Å². The number of nitrogens with zero attached hydrogens (tertiary/aromatic N) is 3. The van der Waals surface area contributed by atoms with Crippen molar-refractivity contribution in [2.75, 3.05) is 7.05 Å². The van der Waals surface area contributed by atoms with Crippen LogP contribution >= 0.6 is 0 Å². The van der Waals surface area contributed by atoms with Crippen LogP contribution in [0.2, 0.25) is 0 Å². The summed E-state index contributed by atoms with van der Waals surface area (Å²) in [6.07, 6.45) is 7.87. The number of fused-ring (bicyclic) bond motifs is 1. The third kappa shape index (κ3) is 4.09. The molecule has 3 aromatic rings. The van der Waals surface area contributed by atoms with Crippen molar-refractivity contribution in [2.45, 2.75) is 64.6 Å². The van der Waals surface area contributed by atoms with E-state index in [1.165, 1.54) is 17.7 Å². The van der Waals surface area contributed by atoms with Gasteiger partial charge in [-0.25, -0.2) is 4.39 Å². The molecule has 0 bridgehead atoms. The summed E-state index contributed by atoms with van der Waals surface area (Å²) >= 11 is 0. The first-order valence-corrected chi connectivity index (χ1v) is 11.0. The van der Waals surface area contributed by atoms with E-state index >= 15 is 0 Å². The molecule has 1 N–H and O–H groups in total. The number of hydrogen-bond acceptors (Lipinski definition) is 3. The summed E-state index contributed by atoms with van der Waals surface area (Å²) < 4.78 is 16.2. The van der Waals surface area contributed by atoms with Crippen molar-refractivity contribution < 1.29 is 9.18 Å². The van der Waals surface area contributed by atoms with Crippen LogP contribution < -0.4 is 5.32 Å². The molecule has 1 aliphatic heterocycles. The fourth-order valence-electron chi connectivity index (χ4n) is 4.76. The number of carbonyl (C=O) groups excluding carboxylic acids is 1. The van der Waals surface area contributed by atoms with Crippen LogP contribution in [0.25, 0.3) is 16.6 Å². The van der Waals surface area contributed by atoms with Gasteiger partial charge in [0.25, 0.3) is 5.91 Å². The molecule has 0 aliphatic carbocycles. The van der Waals surface area contributed by atoms with E-state index in [1.807, 2.05) is 36.9 Å². The fraction of sp³-hybridized carbons (Fsp3) is 0.440. The van der Waals surface area contributed by atoms with Gasteiger partial charge in [-0.05, 0) is 76.3 Å². The summed E-state index contributed by atoms with van der Waals surface area (Å²) in [5.41, 5.74) is 3.23. The Morgan fingerprint density at radius 1 is 1.23 bits per heavy atom. The van der Waals surface area contributed by atoms with Crippen LogP contribution in [0, 0.1) is 5.82 Å². The van der Waals surface area contributed by atoms with Crippen LogP contribution in [0.15, 0.2) is 42.9 Å². The third-order valence-corrected chi connectivity index (χ3v) is 6.47. The molecule has 31 heavy (non-hydrogen) atoms. The van der Waals surface area contributed by atoms with Crippen molar-refractivity contribution in [3.8, 4) is 5.69 Å². The highest BCUT2D eigenvalue weighted by molar-refractivity contribution is 5.99. The summed E-state index contributed by atoms with van der Waals surface area (Å²) in [5, 5.41) is 4.75. The van der Waals surface area contributed by atoms with E-state index in [4.69, 9.17) is 0 Å². The van der Waals surface area contributed by atoms with Crippen molar-refractivity contribution in [1.29, 1.82) is 0 Å². The second-order valence-electron chi connectivity index (χ2n) is 9.16. The normalized spacial score (nSPS) is 21.6. The van der Waals surface area contributed by atoms with Crippen LogP contribution in [-0.2, 0) is 0 Å². The predicted octanol–water partition coefficient (Wildman–Crippen LogP) is 4.89. The number of pyridine rings is 1. The van der Waals surface area contributed by atoms with Gasteiger partial charge in [0, 0.05) is 43.0 Å². The predicted molar refractivity (Wildman–Crippen MR) is 122 cm³/mol. The number of carbonyl (C=O) groups is 1. The largest absolute Gasteiger partial charge is 0.339 e. The molecule has 0 radical (unpaired) electrons. The average molecular weight is 423 g/mol. The molecule has 0 spiro atoms. The summed E-state index contributed by atoms with van der Waals surface area (Å²) in [6.45, 7) is 8.34. The van der Waals surface area contributed by atoms with Gasteiger partial charge in [0.05, 0.1) is 23.0 Å². The standard InChI is InChI=1S/C25H31FN4O/c1-15(2)29(5)25(31)21-12-19(26)6-7-23(21)30-14-22(20-8-9-27-13-24(20)30)18-10-16(3)28-17(4)11-18/h6-9,12-18,28H,10-11H2,1-5H3. The van der Waals surface area contributed by atoms with E-state index in [2.05, 4.69) is 30.3 Å². The van der Waals surface area contributed by atoms with Gasteiger partial charge < -0.3 is 14.8 Å². The van der Waals surface area contributed by atoms with Crippen molar-refractivity contribution >= 4 is 16.8 Å². The Morgan fingerprint density at radius 3 is 2.61 bits per heavy atom. The number of benzene rings is 1. The number of hydrogen-bond donors (Lipinski definition) is 1. The maximum Gasteiger partial charge on any atom is 0.256 e. The number of aromatic nitrogens is 2. The quantitative estimate of drug-likeness (QED) is 0.651. The minimum atomic E-state index is -0.417. The van der Waals surface area contributed by atoms with E-state index in [9.17, 15) is 9.18 Å². The zero-order valence-corrected chi connectivity index (χ0v) is 18.9. The number of rotatable bonds is 4. The fourth-order valence-corrected chi connectivity index (χ4v) is 4.76. The molecule has 6 heteroatoms. The van der Waals surface area contributed by atoms with Crippen LogP contribution in [-0.4, -0.2) is 45.5 Å². The van der Waals surface area contributed by atoms with Gasteiger partial charge in [0.1, 0.15) is 5.82 Å². The van der Waals surface area contributed by atoms with Gasteiger partial charge in [0.2, 0.25) is 0 Å². The first-order chi connectivity index (χ1) is 14.8. The zero-order valence-electron chi connectivity index (χ0n) is 18.9. The molecule has 5 nitrogen and oxygen atoms in total. The summed E-state index contributed by atoms with van der Waals surface area (Å²) in [7, 11) is 1.75. The Kier molecular flexibility index (Phi) is 5.84. The minimum Gasteiger partial charge on any atom is -0.339 e. The van der Waals surface area contributed by atoms with Crippen molar-refractivity contribution in [2.24, 2.45) is 0 Å². The molecule has 1 amide bonds. The van der Waals surface area contributed by atoms with Gasteiger partial charge in [0.15, 0.2) is 0 Å². The minimum absolute atomic E-state index is 0.0139. The molecule has 1 saturated heterocycles. The van der Waals surface area contributed by atoms with Crippen molar-refractivity contribution in [1.82, 2.24) is 19.8 Å². The Hall–Kier alpha value is -2.73. The summed E-state index contributed by atoms with van der Waals surface area (Å²) in [4.78, 5) is 19.2. The molecule has 164 valence electrons. The Morgan fingerprint density at radius 2 is 1.94 bits per heavy atom. The molecule has 4 rings (SSSR count). The topological polar surface area (TPSA) is 50.2 Å². The van der Waals surface area contributed by atoms with Crippen molar-refractivity contribution in [3.63, 3.8) is 0 Å². The van der Waals surface area contributed by atoms with E-state index in [-0.39, 0.29) is 11.9 Å². The van der Waals surface area contributed by atoms with Gasteiger partial charge in [-0.15, -0.1) is 0 Å². The summed E-state index contributed by atoms with van der Waals surface area (Å²) in [5.74, 6) is -0.198. The van der Waals surface area contributed by atoms with E-state index < -0.39 is 5.82 Å². The lowest BCUT2D eigenvalue weighted by molar-refractivity contribution is 0.0754. The van der Waals surface area contributed by atoms with E-state index in [0.29, 0.717) is 29.3 Å². The Labute approximate surface area is 183 Å². The second-order valence-corrected chi connectivity index (χ2v) is 9.16. The van der Waals surface area contributed by atoms with Crippen LogP contribution in [0.1, 0.15) is 62.4 Å². The monoisotopic (exact) mass is 422 g/mol. The van der Waals surface area contributed by atoms with Crippen LogP contribution in [0.3, 0.4) is 0 Å². The highest BCUT2D eigenvalue weighted by atomic mass is 19.1. The zero-order chi connectivity index (χ0) is 22.3. The number of nitrogens with one attached hydrogen (secondary N) is 1. The Balaban J connectivity index is 1.88. The first kappa shape index (κ1) is 21.5. The second kappa shape index (κ2) is 8.42. The molecular weight excluding hydrogens is 391 g/mol. The lowest BCUT2D eigenvalue weighted by atomic mass is 9.84.